The number of likely N-dealkylation sites (N-methyl/N-ethyl adjacent to an activating group) is 1. The summed E-state index contributed by atoms with van der Waals surface area (Å²) in [5.74, 6) is -17.7. The number of benzene rings is 1. The highest BCUT2D eigenvalue weighted by atomic mass is 19.4. The fourth-order valence-corrected chi connectivity index (χ4v) is 1.77. The molecule has 25 heavy (non-hydrogen) atoms. The number of hydrogen-bond acceptors (Lipinski definition) is 2. The molecule has 0 spiro atoms. The standard InChI is InChI=1S/C14H11F8NO2/c1-7(10(24)8-4-3-5-9(15)6-8)23(2)11(25)12(16,17)13(18,19)14(20,21)22/h3-7H,1-2H3. The van der Waals surface area contributed by atoms with Crippen LogP contribution in [0.15, 0.2) is 24.3 Å². The van der Waals surface area contributed by atoms with E-state index in [2.05, 4.69) is 0 Å². The lowest BCUT2D eigenvalue weighted by molar-refractivity contribution is -0.345. The predicted octanol–water partition coefficient (Wildman–Crippen LogP) is 3.69. The first kappa shape index (κ1) is 20.8. The number of rotatable bonds is 5. The monoisotopic (exact) mass is 377 g/mol. The van der Waals surface area contributed by atoms with Crippen molar-refractivity contribution in [2.45, 2.75) is 31.0 Å². The fraction of sp³-hybridized carbons (Fsp3) is 0.429. The van der Waals surface area contributed by atoms with E-state index in [1.807, 2.05) is 0 Å². The van der Waals surface area contributed by atoms with Gasteiger partial charge in [-0.05, 0) is 19.1 Å². The highest BCUT2D eigenvalue weighted by molar-refractivity contribution is 6.02. The van der Waals surface area contributed by atoms with Crippen molar-refractivity contribution in [1.82, 2.24) is 4.90 Å². The summed E-state index contributed by atoms with van der Waals surface area (Å²) in [6.45, 7) is 0.826. The highest BCUT2D eigenvalue weighted by Gasteiger charge is 2.76. The minimum absolute atomic E-state index is 0.243. The van der Waals surface area contributed by atoms with Gasteiger partial charge in [0.2, 0.25) is 0 Å². The molecule has 0 fully saturated rings. The topological polar surface area (TPSA) is 37.4 Å². The van der Waals surface area contributed by atoms with E-state index >= 15 is 0 Å². The normalized spacial score (nSPS) is 14.2. The van der Waals surface area contributed by atoms with Crippen LogP contribution in [0.3, 0.4) is 0 Å². The van der Waals surface area contributed by atoms with Gasteiger partial charge in [-0.3, -0.25) is 9.59 Å². The van der Waals surface area contributed by atoms with Crippen LogP contribution < -0.4 is 0 Å². The first-order valence-corrected chi connectivity index (χ1v) is 6.54. The smallest absolute Gasteiger partial charge is 0.330 e. The molecule has 11 heteroatoms. The summed E-state index contributed by atoms with van der Waals surface area (Å²) in [5.41, 5.74) is -0.377. The fourth-order valence-electron chi connectivity index (χ4n) is 1.77. The first-order chi connectivity index (χ1) is 11.1. The molecule has 0 aromatic heterocycles. The molecule has 0 N–H and O–H groups in total. The van der Waals surface area contributed by atoms with Gasteiger partial charge in [0.25, 0.3) is 5.91 Å². The lowest BCUT2D eigenvalue weighted by Crippen LogP contribution is -2.61. The Bertz CT molecular complexity index is 671. The number of carbonyl (C=O) groups excluding carboxylic acids is 2. The van der Waals surface area contributed by atoms with Gasteiger partial charge in [0.05, 0.1) is 6.04 Å². The molecular formula is C14H11F8NO2. The van der Waals surface area contributed by atoms with Gasteiger partial charge in [-0.2, -0.15) is 30.7 Å². The second kappa shape index (κ2) is 6.60. The number of halogens is 8. The van der Waals surface area contributed by atoms with E-state index in [0.717, 1.165) is 25.1 Å². The number of carbonyl (C=O) groups is 2. The van der Waals surface area contributed by atoms with Crippen LogP contribution in [-0.2, 0) is 4.79 Å². The molecule has 0 saturated heterocycles. The maximum atomic E-state index is 13.4. The molecule has 0 heterocycles. The summed E-state index contributed by atoms with van der Waals surface area (Å²) < 4.78 is 102. The van der Waals surface area contributed by atoms with E-state index < -0.39 is 41.6 Å². The molecule has 1 amide bonds. The third kappa shape index (κ3) is 3.74. The minimum Gasteiger partial charge on any atom is -0.330 e. The highest BCUT2D eigenvalue weighted by Crippen LogP contribution is 2.47. The summed E-state index contributed by atoms with van der Waals surface area (Å²) in [6, 6.07) is 1.95. The van der Waals surface area contributed by atoms with Gasteiger partial charge >= 0.3 is 18.0 Å². The van der Waals surface area contributed by atoms with Gasteiger partial charge in [0.15, 0.2) is 5.78 Å². The SMILES string of the molecule is CC(C(=O)c1cccc(F)c1)N(C)C(=O)C(F)(F)C(F)(F)C(F)(F)F. The molecule has 0 bridgehead atoms. The van der Waals surface area contributed by atoms with Gasteiger partial charge in [0, 0.05) is 12.6 Å². The van der Waals surface area contributed by atoms with E-state index in [0.29, 0.717) is 13.1 Å². The van der Waals surface area contributed by atoms with Crippen molar-refractivity contribution < 1.29 is 44.7 Å². The first-order valence-electron chi connectivity index (χ1n) is 6.54. The van der Waals surface area contributed by atoms with Gasteiger partial charge in [-0.15, -0.1) is 0 Å². The molecule has 1 aromatic carbocycles. The largest absolute Gasteiger partial charge is 0.460 e. The Hall–Kier alpha value is -2.20. The van der Waals surface area contributed by atoms with Gasteiger partial charge in [0.1, 0.15) is 5.82 Å². The zero-order chi connectivity index (χ0) is 19.8. The molecule has 0 aliphatic rings. The van der Waals surface area contributed by atoms with Crippen molar-refractivity contribution in [2.24, 2.45) is 0 Å². The van der Waals surface area contributed by atoms with Crippen LogP contribution in [-0.4, -0.2) is 47.7 Å². The second-order valence-electron chi connectivity index (χ2n) is 5.11. The van der Waals surface area contributed by atoms with Gasteiger partial charge in [-0.25, -0.2) is 4.39 Å². The van der Waals surface area contributed by atoms with Crippen molar-refractivity contribution in [2.75, 3.05) is 7.05 Å². The summed E-state index contributed by atoms with van der Waals surface area (Å²) in [5, 5.41) is 0. The van der Waals surface area contributed by atoms with E-state index in [1.165, 1.54) is 0 Å². The number of ketones is 1. The van der Waals surface area contributed by atoms with E-state index in [1.54, 1.807) is 0 Å². The van der Waals surface area contributed by atoms with Crippen LogP contribution in [0.2, 0.25) is 0 Å². The zero-order valence-corrected chi connectivity index (χ0v) is 12.7. The summed E-state index contributed by atoms with van der Waals surface area (Å²) >= 11 is 0. The van der Waals surface area contributed by atoms with Gasteiger partial charge < -0.3 is 4.90 Å². The van der Waals surface area contributed by atoms with E-state index in [9.17, 15) is 44.7 Å². The van der Waals surface area contributed by atoms with Crippen LogP contribution in [0.25, 0.3) is 0 Å². The Balaban J connectivity index is 3.11. The van der Waals surface area contributed by atoms with Crippen LogP contribution in [0, 0.1) is 5.82 Å². The summed E-state index contributed by atoms with van der Waals surface area (Å²) in [7, 11) is 0.463. The molecule has 0 aliphatic heterocycles. The number of nitrogens with zero attached hydrogens (tertiary/aromatic N) is 1. The number of Topliss-reactive ketones (excluding diaryl/α,β-unsaturated/α-hetero) is 1. The van der Waals surface area contributed by atoms with Crippen molar-refractivity contribution in [3.63, 3.8) is 0 Å². The minimum atomic E-state index is -6.68. The van der Waals surface area contributed by atoms with Crippen molar-refractivity contribution in [3.8, 4) is 0 Å². The van der Waals surface area contributed by atoms with E-state index in [-0.39, 0.29) is 10.5 Å². The average Bonchev–Trinajstić information content (AvgIpc) is 2.50. The molecule has 140 valence electrons. The quantitative estimate of drug-likeness (QED) is 0.580. The predicted molar refractivity (Wildman–Crippen MR) is 68.9 cm³/mol. The molecule has 1 atom stereocenters. The van der Waals surface area contributed by atoms with Crippen LogP contribution in [0.4, 0.5) is 35.1 Å². The van der Waals surface area contributed by atoms with Crippen LogP contribution >= 0.6 is 0 Å². The Kier molecular flexibility index (Phi) is 5.50. The zero-order valence-electron chi connectivity index (χ0n) is 12.7. The molecule has 1 rings (SSSR count). The summed E-state index contributed by atoms with van der Waals surface area (Å²) in [4.78, 5) is 23.2. The molecule has 1 unspecified atom stereocenters. The van der Waals surface area contributed by atoms with Crippen molar-refractivity contribution in [3.05, 3.63) is 35.6 Å². The lowest BCUT2D eigenvalue weighted by atomic mass is 10.0. The third-order valence-electron chi connectivity index (χ3n) is 3.41. The Morgan fingerprint density at radius 3 is 2.00 bits per heavy atom. The molecular weight excluding hydrogens is 366 g/mol. The Labute approximate surface area is 136 Å². The average molecular weight is 377 g/mol. The maximum Gasteiger partial charge on any atom is 0.460 e. The molecule has 0 saturated carbocycles. The third-order valence-corrected chi connectivity index (χ3v) is 3.41. The Morgan fingerprint density at radius 2 is 1.56 bits per heavy atom. The Morgan fingerprint density at radius 1 is 1.04 bits per heavy atom. The number of alkyl halides is 7. The number of hydrogen-bond donors (Lipinski definition) is 0. The molecule has 1 aromatic rings. The summed E-state index contributed by atoms with van der Waals surface area (Å²) in [6.07, 6.45) is -6.68. The lowest BCUT2D eigenvalue weighted by Gasteiger charge is -2.32. The van der Waals surface area contributed by atoms with Crippen LogP contribution in [0.5, 0.6) is 0 Å². The van der Waals surface area contributed by atoms with Crippen molar-refractivity contribution >= 4 is 11.7 Å². The maximum absolute atomic E-state index is 13.4. The van der Waals surface area contributed by atoms with Crippen molar-refractivity contribution in [1.29, 1.82) is 0 Å². The van der Waals surface area contributed by atoms with Gasteiger partial charge in [-0.1, -0.05) is 12.1 Å². The number of amides is 1. The molecule has 0 radical (unpaired) electrons. The molecule has 0 aliphatic carbocycles. The van der Waals surface area contributed by atoms with Crippen LogP contribution in [0.1, 0.15) is 17.3 Å². The van der Waals surface area contributed by atoms with E-state index in [4.69, 9.17) is 0 Å². The molecule has 3 nitrogen and oxygen atoms in total. The second-order valence-corrected chi connectivity index (χ2v) is 5.11.